The number of hydrogen-bond donors (Lipinski definition) is 1. The molecule has 3 heterocycles. The fourth-order valence-electron chi connectivity index (χ4n) is 2.80. The van der Waals surface area contributed by atoms with Gasteiger partial charge in [0, 0.05) is 17.8 Å². The van der Waals surface area contributed by atoms with Gasteiger partial charge in [0.15, 0.2) is 11.5 Å². The van der Waals surface area contributed by atoms with Crippen molar-refractivity contribution in [2.45, 2.75) is 20.4 Å². The first kappa shape index (κ1) is 14.5. The summed E-state index contributed by atoms with van der Waals surface area (Å²) in [6.45, 7) is 4.13. The molecule has 1 aromatic carbocycles. The number of aryl methyl sites for hydroxylation is 2. The van der Waals surface area contributed by atoms with E-state index in [1.807, 2.05) is 25.1 Å². The van der Waals surface area contributed by atoms with Crippen molar-refractivity contribution in [1.29, 1.82) is 0 Å². The molecule has 3 aromatic rings. The van der Waals surface area contributed by atoms with Crippen LogP contribution in [0, 0.1) is 13.8 Å². The molecule has 7 nitrogen and oxygen atoms in total. The van der Waals surface area contributed by atoms with Gasteiger partial charge in [0.2, 0.25) is 6.79 Å². The number of pyridine rings is 1. The zero-order valence-electron chi connectivity index (χ0n) is 13.3. The van der Waals surface area contributed by atoms with E-state index in [0.29, 0.717) is 46.1 Å². The van der Waals surface area contributed by atoms with Gasteiger partial charge in [-0.1, -0.05) is 17.3 Å². The Morgan fingerprint density at radius 1 is 1.29 bits per heavy atom. The SMILES string of the molecule is Cc1cc(C(=O)NCc2cccc3c2OCO3)c2c(C)noc2n1. The average Bonchev–Trinajstić information content (AvgIpc) is 3.19. The number of carbonyl (C=O) groups is 1. The lowest BCUT2D eigenvalue weighted by Gasteiger charge is -2.09. The zero-order valence-corrected chi connectivity index (χ0v) is 13.3. The predicted octanol–water partition coefficient (Wildman–Crippen LogP) is 2.50. The van der Waals surface area contributed by atoms with Gasteiger partial charge in [0.1, 0.15) is 0 Å². The molecule has 4 rings (SSSR count). The number of nitrogens with one attached hydrogen (secondary N) is 1. The Morgan fingerprint density at radius 2 is 2.17 bits per heavy atom. The lowest BCUT2D eigenvalue weighted by atomic mass is 10.1. The molecular formula is C17H15N3O4. The molecule has 0 bridgehead atoms. The van der Waals surface area contributed by atoms with Gasteiger partial charge in [0.25, 0.3) is 11.6 Å². The molecule has 1 aliphatic heterocycles. The van der Waals surface area contributed by atoms with E-state index >= 15 is 0 Å². The zero-order chi connectivity index (χ0) is 16.7. The quantitative estimate of drug-likeness (QED) is 0.796. The van der Waals surface area contributed by atoms with Crippen LogP contribution in [-0.4, -0.2) is 22.8 Å². The number of rotatable bonds is 3. The number of hydrogen-bond acceptors (Lipinski definition) is 6. The molecule has 2 aromatic heterocycles. The minimum Gasteiger partial charge on any atom is -0.454 e. The summed E-state index contributed by atoms with van der Waals surface area (Å²) in [7, 11) is 0. The summed E-state index contributed by atoms with van der Waals surface area (Å²) in [5, 5.41) is 7.44. The molecule has 0 aliphatic carbocycles. The Morgan fingerprint density at radius 3 is 3.04 bits per heavy atom. The minimum atomic E-state index is -0.215. The van der Waals surface area contributed by atoms with Gasteiger partial charge >= 0.3 is 0 Å². The molecule has 0 radical (unpaired) electrons. The average molecular weight is 325 g/mol. The van der Waals surface area contributed by atoms with Crippen LogP contribution in [0.25, 0.3) is 11.1 Å². The number of benzene rings is 1. The molecule has 1 aliphatic rings. The Kier molecular flexibility index (Phi) is 3.34. The third-order valence-electron chi connectivity index (χ3n) is 3.91. The lowest BCUT2D eigenvalue weighted by Crippen LogP contribution is -2.23. The van der Waals surface area contributed by atoms with E-state index in [4.69, 9.17) is 14.0 Å². The molecule has 7 heteroatoms. The minimum absolute atomic E-state index is 0.199. The summed E-state index contributed by atoms with van der Waals surface area (Å²) < 4.78 is 16.0. The lowest BCUT2D eigenvalue weighted by molar-refractivity contribution is 0.0952. The highest BCUT2D eigenvalue weighted by Gasteiger charge is 2.20. The van der Waals surface area contributed by atoms with Gasteiger partial charge in [-0.15, -0.1) is 0 Å². The second-order valence-corrected chi connectivity index (χ2v) is 5.59. The maximum Gasteiger partial charge on any atom is 0.258 e. The summed E-state index contributed by atoms with van der Waals surface area (Å²) in [6.07, 6.45) is 0. The molecule has 0 fully saturated rings. The van der Waals surface area contributed by atoms with Crippen molar-refractivity contribution in [2.75, 3.05) is 6.79 Å². The number of nitrogens with zero attached hydrogens (tertiary/aromatic N) is 2. The van der Waals surface area contributed by atoms with Crippen molar-refractivity contribution in [3.8, 4) is 11.5 Å². The Balaban J connectivity index is 1.62. The van der Waals surface area contributed by atoms with Crippen LogP contribution in [0.1, 0.15) is 27.3 Å². The maximum absolute atomic E-state index is 12.7. The first-order chi connectivity index (χ1) is 11.6. The largest absolute Gasteiger partial charge is 0.454 e. The van der Waals surface area contributed by atoms with E-state index in [9.17, 15) is 4.79 Å². The van der Waals surface area contributed by atoms with E-state index < -0.39 is 0 Å². The number of amides is 1. The van der Waals surface area contributed by atoms with Crippen LogP contribution < -0.4 is 14.8 Å². The molecular weight excluding hydrogens is 310 g/mol. The van der Waals surface area contributed by atoms with Crippen LogP contribution in [0.4, 0.5) is 0 Å². The molecule has 0 saturated heterocycles. The summed E-state index contributed by atoms with van der Waals surface area (Å²) in [6, 6.07) is 7.33. The van der Waals surface area contributed by atoms with Crippen molar-refractivity contribution in [3.05, 3.63) is 46.8 Å². The highest BCUT2D eigenvalue weighted by Crippen LogP contribution is 2.35. The molecule has 122 valence electrons. The highest BCUT2D eigenvalue weighted by molar-refractivity contribution is 6.06. The molecule has 1 N–H and O–H groups in total. The van der Waals surface area contributed by atoms with Gasteiger partial charge in [-0.2, -0.15) is 0 Å². The Bertz CT molecular complexity index is 948. The molecule has 0 unspecified atom stereocenters. The third kappa shape index (κ3) is 2.34. The van der Waals surface area contributed by atoms with Gasteiger partial charge in [-0.05, 0) is 26.0 Å². The Labute approximate surface area is 137 Å². The number of fused-ring (bicyclic) bond motifs is 2. The normalized spacial score (nSPS) is 12.6. The monoisotopic (exact) mass is 325 g/mol. The van der Waals surface area contributed by atoms with E-state index in [2.05, 4.69) is 15.5 Å². The summed E-state index contributed by atoms with van der Waals surface area (Å²) in [5.41, 5.74) is 3.07. The second kappa shape index (κ2) is 5.52. The van der Waals surface area contributed by atoms with Crippen LogP contribution in [0.5, 0.6) is 11.5 Å². The number of para-hydroxylation sites is 1. The number of aromatic nitrogens is 2. The van der Waals surface area contributed by atoms with Crippen molar-refractivity contribution in [1.82, 2.24) is 15.5 Å². The topological polar surface area (TPSA) is 86.5 Å². The van der Waals surface area contributed by atoms with Crippen LogP contribution >= 0.6 is 0 Å². The standard InChI is InChI=1S/C17H15N3O4/c1-9-6-12(14-10(2)20-24-17(14)19-9)16(21)18-7-11-4-3-5-13-15(11)23-8-22-13/h3-6H,7-8H2,1-2H3,(H,18,21). The van der Waals surface area contributed by atoms with E-state index in [-0.39, 0.29) is 12.7 Å². The smallest absolute Gasteiger partial charge is 0.258 e. The van der Waals surface area contributed by atoms with Crippen LogP contribution in [-0.2, 0) is 6.54 Å². The van der Waals surface area contributed by atoms with Crippen molar-refractivity contribution < 1.29 is 18.8 Å². The van der Waals surface area contributed by atoms with E-state index in [1.165, 1.54) is 0 Å². The Hall–Kier alpha value is -3.09. The predicted molar refractivity (Wildman–Crippen MR) is 85.0 cm³/mol. The molecule has 0 saturated carbocycles. The van der Waals surface area contributed by atoms with Crippen molar-refractivity contribution in [2.24, 2.45) is 0 Å². The summed E-state index contributed by atoms with van der Waals surface area (Å²) in [4.78, 5) is 16.9. The second-order valence-electron chi connectivity index (χ2n) is 5.59. The fourth-order valence-corrected chi connectivity index (χ4v) is 2.80. The van der Waals surface area contributed by atoms with Gasteiger partial charge in [-0.3, -0.25) is 4.79 Å². The van der Waals surface area contributed by atoms with Crippen LogP contribution in [0.3, 0.4) is 0 Å². The molecule has 0 atom stereocenters. The summed E-state index contributed by atoms with van der Waals surface area (Å²) >= 11 is 0. The van der Waals surface area contributed by atoms with Crippen LogP contribution in [0.2, 0.25) is 0 Å². The van der Waals surface area contributed by atoms with Gasteiger partial charge in [-0.25, -0.2) is 4.98 Å². The van der Waals surface area contributed by atoms with Gasteiger partial charge < -0.3 is 19.3 Å². The fraction of sp³-hybridized carbons (Fsp3) is 0.235. The molecule has 0 spiro atoms. The van der Waals surface area contributed by atoms with Crippen molar-refractivity contribution >= 4 is 17.0 Å². The summed E-state index contributed by atoms with van der Waals surface area (Å²) in [5.74, 6) is 1.15. The molecule has 24 heavy (non-hydrogen) atoms. The number of ether oxygens (including phenoxy) is 2. The van der Waals surface area contributed by atoms with Crippen molar-refractivity contribution in [3.63, 3.8) is 0 Å². The van der Waals surface area contributed by atoms with E-state index in [1.54, 1.807) is 13.0 Å². The third-order valence-corrected chi connectivity index (χ3v) is 3.91. The van der Waals surface area contributed by atoms with E-state index in [0.717, 1.165) is 5.56 Å². The highest BCUT2D eigenvalue weighted by atomic mass is 16.7. The molecule has 1 amide bonds. The first-order valence-electron chi connectivity index (χ1n) is 7.53. The van der Waals surface area contributed by atoms with Crippen LogP contribution in [0.15, 0.2) is 28.8 Å². The number of carbonyl (C=O) groups excluding carboxylic acids is 1. The van der Waals surface area contributed by atoms with Gasteiger partial charge in [0.05, 0.1) is 16.6 Å². The first-order valence-corrected chi connectivity index (χ1v) is 7.53. The maximum atomic E-state index is 12.7.